The first-order valence-electron chi connectivity index (χ1n) is 8.61. The fourth-order valence-corrected chi connectivity index (χ4v) is 6.18. The van der Waals surface area contributed by atoms with Crippen molar-refractivity contribution in [1.82, 2.24) is 4.90 Å². The Morgan fingerprint density at radius 1 is 1.17 bits per heavy atom. The van der Waals surface area contributed by atoms with Gasteiger partial charge in [-0.05, 0) is 18.8 Å². The monoisotopic (exact) mass is 361 g/mol. The second kappa shape index (κ2) is 7.82. The van der Waals surface area contributed by atoms with Gasteiger partial charge in [-0.15, -0.1) is 0 Å². The first-order valence-corrected chi connectivity index (χ1v) is 10.2. The standard InChI is InChI=1S/C16H27NO6S/c1-11(2)14(24(21,22)12-6-4-3-5-7-12)15(18)17-8-9-23-13(10-17)16(19)20/h11-14H,3-10H2,1-2H3,(H,19,20)/t13-,14-/m1/s1. The van der Waals surface area contributed by atoms with E-state index in [4.69, 9.17) is 9.84 Å². The maximum absolute atomic E-state index is 13.0. The van der Waals surface area contributed by atoms with Crippen molar-refractivity contribution in [3.63, 3.8) is 0 Å². The van der Waals surface area contributed by atoms with Crippen LogP contribution >= 0.6 is 0 Å². The predicted octanol–water partition coefficient (Wildman–Crippen LogP) is 1.07. The summed E-state index contributed by atoms with van der Waals surface area (Å²) in [5, 5.41) is 7.51. The van der Waals surface area contributed by atoms with Crippen molar-refractivity contribution < 1.29 is 27.9 Å². The van der Waals surface area contributed by atoms with Crippen LogP contribution in [-0.2, 0) is 24.2 Å². The molecule has 2 atom stereocenters. The fraction of sp³-hybridized carbons (Fsp3) is 0.875. The second-order valence-corrected chi connectivity index (χ2v) is 9.35. The Morgan fingerprint density at radius 3 is 2.33 bits per heavy atom. The van der Waals surface area contributed by atoms with Gasteiger partial charge >= 0.3 is 5.97 Å². The zero-order chi connectivity index (χ0) is 17.9. The Hall–Kier alpha value is -1.15. The van der Waals surface area contributed by atoms with E-state index in [0.29, 0.717) is 12.8 Å². The van der Waals surface area contributed by atoms with Gasteiger partial charge < -0.3 is 14.7 Å². The second-order valence-electron chi connectivity index (χ2n) is 7.00. The quantitative estimate of drug-likeness (QED) is 0.786. The Balaban J connectivity index is 2.20. The highest BCUT2D eigenvalue weighted by Crippen LogP contribution is 2.30. The molecule has 2 aliphatic rings. The average molecular weight is 361 g/mol. The van der Waals surface area contributed by atoms with Crippen LogP contribution < -0.4 is 0 Å². The number of amides is 1. The number of carbonyl (C=O) groups is 2. The molecule has 0 aromatic carbocycles. The van der Waals surface area contributed by atoms with Crippen LogP contribution in [0.2, 0.25) is 0 Å². The van der Waals surface area contributed by atoms with Gasteiger partial charge in [-0.3, -0.25) is 4.79 Å². The first kappa shape index (κ1) is 19.2. The molecular formula is C16H27NO6S. The third-order valence-electron chi connectivity index (χ3n) is 4.87. The highest BCUT2D eigenvalue weighted by Gasteiger charge is 2.44. The number of carboxylic acid groups (broad SMARTS) is 1. The van der Waals surface area contributed by atoms with E-state index < -0.39 is 38.3 Å². The van der Waals surface area contributed by atoms with Gasteiger partial charge in [-0.2, -0.15) is 0 Å². The van der Waals surface area contributed by atoms with Crippen LogP contribution in [0.15, 0.2) is 0 Å². The number of ether oxygens (including phenoxy) is 1. The van der Waals surface area contributed by atoms with Gasteiger partial charge in [0.05, 0.1) is 18.4 Å². The van der Waals surface area contributed by atoms with Crippen LogP contribution in [0.3, 0.4) is 0 Å². The maximum atomic E-state index is 13.0. The van der Waals surface area contributed by atoms with Gasteiger partial charge in [0, 0.05) is 6.54 Å². The summed E-state index contributed by atoms with van der Waals surface area (Å²) in [5.41, 5.74) is 0. The van der Waals surface area contributed by atoms with E-state index in [1.54, 1.807) is 13.8 Å². The van der Waals surface area contributed by atoms with E-state index in [2.05, 4.69) is 0 Å². The number of rotatable bonds is 5. The number of carboxylic acids is 1. The van der Waals surface area contributed by atoms with Gasteiger partial charge in [0.2, 0.25) is 5.91 Å². The molecule has 0 unspecified atom stereocenters. The SMILES string of the molecule is CC(C)[C@H](C(=O)N1CCO[C@@H](C(=O)O)C1)S(=O)(=O)C1CCCCC1. The highest BCUT2D eigenvalue weighted by atomic mass is 32.2. The van der Waals surface area contributed by atoms with E-state index in [9.17, 15) is 18.0 Å². The summed E-state index contributed by atoms with van der Waals surface area (Å²) in [7, 11) is -3.59. The number of carbonyl (C=O) groups excluding carboxylic acids is 1. The predicted molar refractivity (Wildman–Crippen MR) is 88.4 cm³/mol. The fourth-order valence-electron chi connectivity index (χ4n) is 3.58. The molecule has 1 saturated heterocycles. The summed E-state index contributed by atoms with van der Waals surface area (Å²) in [6.07, 6.45) is 2.92. The molecule has 0 aromatic heterocycles. The molecular weight excluding hydrogens is 334 g/mol. The molecule has 0 spiro atoms. The lowest BCUT2D eigenvalue weighted by Gasteiger charge is -2.35. The number of hydrogen-bond acceptors (Lipinski definition) is 5. The maximum Gasteiger partial charge on any atom is 0.334 e. The molecule has 1 aliphatic carbocycles. The molecule has 7 nitrogen and oxygen atoms in total. The Kier molecular flexibility index (Phi) is 6.25. The van der Waals surface area contributed by atoms with Crippen molar-refractivity contribution in [2.75, 3.05) is 19.7 Å². The van der Waals surface area contributed by atoms with Crippen molar-refractivity contribution in [2.24, 2.45) is 5.92 Å². The van der Waals surface area contributed by atoms with Gasteiger partial charge in [-0.25, -0.2) is 13.2 Å². The highest BCUT2D eigenvalue weighted by molar-refractivity contribution is 7.93. The molecule has 2 fully saturated rings. The van der Waals surface area contributed by atoms with E-state index in [1.165, 1.54) is 4.90 Å². The molecule has 1 saturated carbocycles. The average Bonchev–Trinajstić information content (AvgIpc) is 2.55. The zero-order valence-corrected chi connectivity index (χ0v) is 15.1. The third kappa shape index (κ3) is 4.08. The smallest absolute Gasteiger partial charge is 0.334 e. The Morgan fingerprint density at radius 2 is 1.79 bits per heavy atom. The van der Waals surface area contributed by atoms with Crippen LogP contribution in [-0.4, -0.2) is 66.6 Å². The van der Waals surface area contributed by atoms with Gasteiger partial charge in [-0.1, -0.05) is 33.1 Å². The lowest BCUT2D eigenvalue weighted by molar-refractivity contribution is -0.159. The summed E-state index contributed by atoms with van der Waals surface area (Å²) in [6, 6.07) is 0. The normalized spacial score (nSPS) is 24.8. The van der Waals surface area contributed by atoms with Crippen LogP contribution in [0.1, 0.15) is 46.0 Å². The van der Waals surface area contributed by atoms with Crippen LogP contribution in [0, 0.1) is 5.92 Å². The lowest BCUT2D eigenvalue weighted by atomic mass is 10.0. The first-order chi connectivity index (χ1) is 11.2. The topological polar surface area (TPSA) is 101 Å². The van der Waals surface area contributed by atoms with Crippen LogP contribution in [0.4, 0.5) is 0 Å². The molecule has 8 heteroatoms. The molecule has 1 N–H and O–H groups in total. The lowest BCUT2D eigenvalue weighted by Crippen LogP contribution is -2.55. The van der Waals surface area contributed by atoms with E-state index >= 15 is 0 Å². The molecule has 138 valence electrons. The van der Waals surface area contributed by atoms with Crippen molar-refractivity contribution in [2.45, 2.75) is 62.6 Å². The van der Waals surface area contributed by atoms with Crippen LogP contribution in [0.25, 0.3) is 0 Å². The summed E-state index contributed by atoms with van der Waals surface area (Å²) in [6.45, 7) is 3.71. The molecule has 1 amide bonds. The number of hydrogen-bond donors (Lipinski definition) is 1. The molecule has 0 radical (unpaired) electrons. The minimum atomic E-state index is -3.59. The van der Waals surface area contributed by atoms with Crippen LogP contribution in [0.5, 0.6) is 0 Å². The molecule has 0 aromatic rings. The van der Waals surface area contributed by atoms with Crippen molar-refractivity contribution >= 4 is 21.7 Å². The summed E-state index contributed by atoms with van der Waals surface area (Å²) < 4.78 is 31.2. The number of morpholine rings is 1. The summed E-state index contributed by atoms with van der Waals surface area (Å²) in [4.78, 5) is 25.3. The summed E-state index contributed by atoms with van der Waals surface area (Å²) in [5.74, 6) is -1.97. The molecule has 0 bridgehead atoms. The largest absolute Gasteiger partial charge is 0.479 e. The number of nitrogens with zero attached hydrogens (tertiary/aromatic N) is 1. The van der Waals surface area contributed by atoms with E-state index in [0.717, 1.165) is 19.3 Å². The minimum absolute atomic E-state index is 0.0996. The Labute approximate surface area is 143 Å². The van der Waals surface area contributed by atoms with Gasteiger partial charge in [0.15, 0.2) is 15.9 Å². The van der Waals surface area contributed by atoms with Crippen molar-refractivity contribution in [3.05, 3.63) is 0 Å². The van der Waals surface area contributed by atoms with Crippen molar-refractivity contribution in [3.8, 4) is 0 Å². The van der Waals surface area contributed by atoms with Crippen molar-refractivity contribution in [1.29, 1.82) is 0 Å². The zero-order valence-electron chi connectivity index (χ0n) is 14.3. The molecule has 2 rings (SSSR count). The van der Waals surface area contributed by atoms with E-state index in [1.807, 2.05) is 0 Å². The Bertz CT molecular complexity index is 567. The number of sulfone groups is 1. The van der Waals surface area contributed by atoms with Gasteiger partial charge in [0.25, 0.3) is 0 Å². The third-order valence-corrected chi connectivity index (χ3v) is 7.73. The molecule has 1 aliphatic heterocycles. The minimum Gasteiger partial charge on any atom is -0.479 e. The molecule has 1 heterocycles. The summed E-state index contributed by atoms with van der Waals surface area (Å²) >= 11 is 0. The number of aliphatic carboxylic acids is 1. The van der Waals surface area contributed by atoms with Gasteiger partial charge in [0.1, 0.15) is 5.25 Å². The van der Waals surface area contributed by atoms with E-state index in [-0.39, 0.29) is 25.6 Å². The molecule has 24 heavy (non-hydrogen) atoms.